The third-order valence-corrected chi connectivity index (χ3v) is 4.77. The molecule has 2 heterocycles. The molecule has 0 spiro atoms. The zero-order valence-electron chi connectivity index (χ0n) is 12.3. The molecule has 1 N–H and O–H groups in total. The molecule has 1 aromatic carbocycles. The number of nitrogens with zero attached hydrogens (tertiary/aromatic N) is 3. The van der Waals surface area contributed by atoms with E-state index in [4.69, 9.17) is 11.6 Å². The van der Waals surface area contributed by atoms with Crippen LogP contribution in [0.25, 0.3) is 5.65 Å². The van der Waals surface area contributed by atoms with E-state index < -0.39 is 0 Å². The van der Waals surface area contributed by atoms with Crippen LogP contribution in [0.4, 0.5) is 0 Å². The van der Waals surface area contributed by atoms with E-state index in [1.54, 1.807) is 0 Å². The van der Waals surface area contributed by atoms with Gasteiger partial charge in [0, 0.05) is 24.1 Å². The second-order valence-electron chi connectivity index (χ2n) is 4.86. The van der Waals surface area contributed by atoms with Crippen molar-refractivity contribution in [2.75, 3.05) is 12.3 Å². The molecule has 0 bridgehead atoms. The smallest absolute Gasteiger partial charge is 0.230 e. The first-order valence-electron chi connectivity index (χ1n) is 7.17. The molecule has 0 aliphatic heterocycles. The lowest BCUT2D eigenvalue weighted by molar-refractivity contribution is -0.118. The summed E-state index contributed by atoms with van der Waals surface area (Å²) in [6, 6.07) is 13.2. The van der Waals surface area contributed by atoms with Gasteiger partial charge in [-0.25, -0.2) is 0 Å². The Balaban J connectivity index is 1.47. The number of pyridine rings is 1. The number of hydrogen-bond donors (Lipinski definition) is 1. The van der Waals surface area contributed by atoms with Gasteiger partial charge >= 0.3 is 0 Å². The molecule has 118 valence electrons. The van der Waals surface area contributed by atoms with Gasteiger partial charge in [-0.15, -0.1) is 22.0 Å². The molecule has 0 aliphatic rings. The van der Waals surface area contributed by atoms with Crippen LogP contribution in [-0.2, 0) is 11.2 Å². The predicted octanol–water partition coefficient (Wildman–Crippen LogP) is 2.83. The fourth-order valence-corrected chi connectivity index (χ4v) is 3.20. The Bertz CT molecular complexity index is 820. The average Bonchev–Trinajstić information content (AvgIpc) is 2.98. The van der Waals surface area contributed by atoms with Crippen molar-refractivity contribution < 1.29 is 4.79 Å². The summed E-state index contributed by atoms with van der Waals surface area (Å²) >= 11 is 7.49. The lowest BCUT2D eigenvalue weighted by Gasteiger charge is -2.05. The van der Waals surface area contributed by atoms with E-state index >= 15 is 0 Å². The Morgan fingerprint density at radius 3 is 2.87 bits per heavy atom. The maximum absolute atomic E-state index is 11.9. The molecular weight excluding hydrogens is 332 g/mol. The normalized spacial score (nSPS) is 10.8. The highest BCUT2D eigenvalue weighted by atomic mass is 35.5. The van der Waals surface area contributed by atoms with E-state index in [1.165, 1.54) is 11.8 Å². The molecule has 0 fully saturated rings. The topological polar surface area (TPSA) is 59.3 Å². The number of carbonyl (C=O) groups excluding carboxylic acids is 1. The molecule has 3 rings (SSSR count). The molecule has 0 aliphatic carbocycles. The molecular formula is C16H15ClN4OS. The van der Waals surface area contributed by atoms with Crippen LogP contribution >= 0.6 is 23.4 Å². The van der Waals surface area contributed by atoms with Crippen LogP contribution in [-0.4, -0.2) is 32.8 Å². The van der Waals surface area contributed by atoms with Crippen molar-refractivity contribution in [2.45, 2.75) is 11.3 Å². The minimum atomic E-state index is -0.0243. The summed E-state index contributed by atoms with van der Waals surface area (Å²) in [5, 5.41) is 11.8. The van der Waals surface area contributed by atoms with E-state index in [9.17, 15) is 4.79 Å². The fraction of sp³-hybridized carbons (Fsp3) is 0.188. The number of nitrogens with one attached hydrogen (secondary N) is 1. The van der Waals surface area contributed by atoms with E-state index in [0.29, 0.717) is 23.7 Å². The minimum absolute atomic E-state index is 0.0243. The molecule has 7 heteroatoms. The summed E-state index contributed by atoms with van der Waals surface area (Å²) in [6.45, 7) is 0.525. The molecule has 5 nitrogen and oxygen atoms in total. The monoisotopic (exact) mass is 346 g/mol. The van der Waals surface area contributed by atoms with E-state index in [2.05, 4.69) is 15.5 Å². The van der Waals surface area contributed by atoms with Gasteiger partial charge in [-0.1, -0.05) is 29.8 Å². The first-order valence-corrected chi connectivity index (χ1v) is 8.53. The quantitative estimate of drug-likeness (QED) is 0.697. The Kier molecular flexibility index (Phi) is 5.15. The third kappa shape index (κ3) is 4.03. The highest BCUT2D eigenvalue weighted by Crippen LogP contribution is 2.26. The Hall–Kier alpha value is -2.05. The standard InChI is InChI=1S/C16H15ClN4OS/c17-12-5-1-2-6-13(12)23-11-16(22)18-9-8-15-20-19-14-7-3-4-10-21(14)15/h1-7,10H,8-9,11H2,(H,18,22). The van der Waals surface area contributed by atoms with Crippen molar-refractivity contribution in [3.05, 3.63) is 59.5 Å². The third-order valence-electron chi connectivity index (χ3n) is 3.25. The molecule has 0 atom stereocenters. The number of hydrogen-bond acceptors (Lipinski definition) is 4. The first-order chi connectivity index (χ1) is 11.2. The fourth-order valence-electron chi connectivity index (χ4n) is 2.13. The molecule has 2 aromatic heterocycles. The Morgan fingerprint density at radius 1 is 1.17 bits per heavy atom. The van der Waals surface area contributed by atoms with Gasteiger partial charge < -0.3 is 5.32 Å². The maximum Gasteiger partial charge on any atom is 0.230 e. The van der Waals surface area contributed by atoms with Crippen molar-refractivity contribution in [3.63, 3.8) is 0 Å². The van der Waals surface area contributed by atoms with Crippen LogP contribution in [0.2, 0.25) is 5.02 Å². The first kappa shape index (κ1) is 15.8. The van der Waals surface area contributed by atoms with Crippen LogP contribution in [0.5, 0.6) is 0 Å². The van der Waals surface area contributed by atoms with E-state index in [1.807, 2.05) is 53.1 Å². The van der Waals surface area contributed by atoms with Gasteiger partial charge in [0.15, 0.2) is 5.65 Å². The summed E-state index contributed by atoms with van der Waals surface area (Å²) in [5.41, 5.74) is 0.808. The second-order valence-corrected chi connectivity index (χ2v) is 6.29. The summed E-state index contributed by atoms with van der Waals surface area (Å²) < 4.78 is 1.92. The summed E-state index contributed by atoms with van der Waals surface area (Å²) in [6.07, 6.45) is 2.55. The van der Waals surface area contributed by atoms with Crippen molar-refractivity contribution in [3.8, 4) is 0 Å². The molecule has 23 heavy (non-hydrogen) atoms. The van der Waals surface area contributed by atoms with Crippen LogP contribution in [0.3, 0.4) is 0 Å². The number of rotatable bonds is 6. The van der Waals surface area contributed by atoms with Gasteiger partial charge in [0.05, 0.1) is 10.8 Å². The summed E-state index contributed by atoms with van der Waals surface area (Å²) in [7, 11) is 0. The van der Waals surface area contributed by atoms with Crippen molar-refractivity contribution >= 4 is 34.9 Å². The van der Waals surface area contributed by atoms with Crippen LogP contribution < -0.4 is 5.32 Å². The highest BCUT2D eigenvalue weighted by molar-refractivity contribution is 8.00. The van der Waals surface area contributed by atoms with Gasteiger partial charge in [-0.05, 0) is 24.3 Å². The Labute approximate surface area is 143 Å². The number of benzene rings is 1. The highest BCUT2D eigenvalue weighted by Gasteiger charge is 2.07. The van der Waals surface area contributed by atoms with Crippen LogP contribution in [0.15, 0.2) is 53.6 Å². The van der Waals surface area contributed by atoms with Crippen LogP contribution in [0, 0.1) is 0 Å². The van der Waals surface area contributed by atoms with Crippen molar-refractivity contribution in [1.82, 2.24) is 19.9 Å². The van der Waals surface area contributed by atoms with Gasteiger partial charge in [0.25, 0.3) is 0 Å². The van der Waals surface area contributed by atoms with Crippen molar-refractivity contribution in [2.24, 2.45) is 0 Å². The lowest BCUT2D eigenvalue weighted by atomic mass is 10.4. The summed E-state index contributed by atoms with van der Waals surface area (Å²) in [5.74, 6) is 1.15. The number of amides is 1. The minimum Gasteiger partial charge on any atom is -0.355 e. The summed E-state index contributed by atoms with van der Waals surface area (Å²) in [4.78, 5) is 12.8. The molecule has 1 amide bonds. The van der Waals surface area contributed by atoms with Gasteiger partial charge in [0.1, 0.15) is 5.82 Å². The second kappa shape index (κ2) is 7.48. The number of halogens is 1. The van der Waals surface area contributed by atoms with Gasteiger partial charge in [0.2, 0.25) is 5.91 Å². The molecule has 0 unspecified atom stereocenters. The molecule has 0 saturated carbocycles. The van der Waals surface area contributed by atoms with Gasteiger partial charge in [-0.3, -0.25) is 9.20 Å². The molecule has 0 radical (unpaired) electrons. The SMILES string of the molecule is O=C(CSc1ccccc1Cl)NCCc1nnc2ccccn12. The average molecular weight is 347 g/mol. The van der Waals surface area contributed by atoms with Crippen molar-refractivity contribution in [1.29, 1.82) is 0 Å². The molecule has 3 aromatic rings. The number of fused-ring (bicyclic) bond motifs is 1. The maximum atomic E-state index is 11.9. The zero-order chi connectivity index (χ0) is 16.1. The zero-order valence-corrected chi connectivity index (χ0v) is 13.8. The number of thioether (sulfide) groups is 1. The predicted molar refractivity (Wildman–Crippen MR) is 91.9 cm³/mol. The molecule has 0 saturated heterocycles. The van der Waals surface area contributed by atoms with E-state index in [-0.39, 0.29) is 5.91 Å². The largest absolute Gasteiger partial charge is 0.355 e. The van der Waals surface area contributed by atoms with E-state index in [0.717, 1.165) is 16.4 Å². The van der Waals surface area contributed by atoms with Crippen LogP contribution in [0.1, 0.15) is 5.82 Å². The van der Waals surface area contributed by atoms with Gasteiger partial charge in [-0.2, -0.15) is 0 Å². The Morgan fingerprint density at radius 2 is 2.00 bits per heavy atom. The lowest BCUT2D eigenvalue weighted by Crippen LogP contribution is -2.27. The number of carbonyl (C=O) groups is 1. The number of aromatic nitrogens is 3.